The van der Waals surface area contributed by atoms with Gasteiger partial charge in [-0.25, -0.2) is 4.57 Å². The molecule has 0 aromatic heterocycles. The molecule has 0 spiro atoms. The van der Waals surface area contributed by atoms with Gasteiger partial charge in [0, 0.05) is 6.42 Å². The van der Waals surface area contributed by atoms with Gasteiger partial charge in [0.15, 0.2) is 0 Å². The number of nitrogens with zero attached hydrogens (tertiary/aromatic N) is 1. The number of phosphoric acid groups is 1. The van der Waals surface area contributed by atoms with Gasteiger partial charge in [0.2, 0.25) is 5.91 Å². The Morgan fingerprint density at radius 3 is 1.16 bits per heavy atom. The molecule has 1 amide bonds. The van der Waals surface area contributed by atoms with E-state index >= 15 is 0 Å². The number of amides is 1. The summed E-state index contributed by atoms with van der Waals surface area (Å²) in [5, 5.41) is 13.9. The van der Waals surface area contributed by atoms with Gasteiger partial charge in [0.05, 0.1) is 39.9 Å². The fraction of sp³-hybridized carbons (Fsp3) is 0.945. The SMILES string of the molecule is CCCCCCCCCCCCCCCCCCCCCCCCCCCCCCC/C=C/C(O)C(COP(=O)(O)OCC[N+](C)(C)C)NC(=O)CCCCCCCCCCCCC. The average Bonchev–Trinajstić information content (AvgIpc) is 3.25. The maximum atomic E-state index is 12.9. The molecule has 0 fully saturated rings. The van der Waals surface area contributed by atoms with Crippen LogP contribution in [0, 0.1) is 0 Å². The Morgan fingerprint density at radius 1 is 0.516 bits per heavy atom. The zero-order chi connectivity index (χ0) is 47.1. The van der Waals surface area contributed by atoms with Gasteiger partial charge in [-0.05, 0) is 19.3 Å². The number of rotatable bonds is 52. The third-order valence-corrected chi connectivity index (χ3v) is 14.0. The number of nitrogens with one attached hydrogen (secondary N) is 1. The van der Waals surface area contributed by atoms with Gasteiger partial charge in [-0.1, -0.05) is 270 Å². The Hall–Kier alpha value is -0.760. The lowest BCUT2D eigenvalue weighted by molar-refractivity contribution is -0.870. The summed E-state index contributed by atoms with van der Waals surface area (Å²) in [5.41, 5.74) is 0. The van der Waals surface area contributed by atoms with Gasteiger partial charge in [0.1, 0.15) is 13.2 Å². The van der Waals surface area contributed by atoms with Gasteiger partial charge in [-0.2, -0.15) is 0 Å². The Morgan fingerprint density at radius 2 is 0.828 bits per heavy atom. The maximum absolute atomic E-state index is 12.9. The van der Waals surface area contributed by atoms with E-state index in [-0.39, 0.29) is 19.1 Å². The van der Waals surface area contributed by atoms with Crippen molar-refractivity contribution in [3.8, 4) is 0 Å². The molecule has 0 aliphatic rings. The molecule has 0 saturated heterocycles. The first-order valence-electron chi connectivity index (χ1n) is 28.1. The lowest BCUT2D eigenvalue weighted by Crippen LogP contribution is -2.45. The minimum Gasteiger partial charge on any atom is -0.387 e. The zero-order valence-electron chi connectivity index (χ0n) is 43.6. The van der Waals surface area contributed by atoms with Crippen LogP contribution in [0.2, 0.25) is 0 Å². The summed E-state index contributed by atoms with van der Waals surface area (Å²) >= 11 is 0. The van der Waals surface area contributed by atoms with Crippen LogP contribution < -0.4 is 5.32 Å². The van der Waals surface area contributed by atoms with E-state index in [1.54, 1.807) is 6.08 Å². The number of carbonyl (C=O) groups is 1. The van der Waals surface area contributed by atoms with E-state index in [0.29, 0.717) is 17.4 Å². The Balaban J connectivity index is 4.02. The van der Waals surface area contributed by atoms with Crippen LogP contribution in [-0.2, 0) is 18.4 Å². The molecule has 8 nitrogen and oxygen atoms in total. The maximum Gasteiger partial charge on any atom is 0.472 e. The molecular formula is C55H112N2O6P+. The van der Waals surface area contributed by atoms with E-state index in [2.05, 4.69) is 19.2 Å². The molecule has 0 aliphatic carbocycles. The van der Waals surface area contributed by atoms with Crippen molar-refractivity contribution in [3.05, 3.63) is 12.2 Å². The molecule has 0 aromatic rings. The highest BCUT2D eigenvalue weighted by atomic mass is 31.2. The van der Waals surface area contributed by atoms with Crippen LogP contribution in [0.4, 0.5) is 0 Å². The number of hydrogen-bond acceptors (Lipinski definition) is 5. The summed E-state index contributed by atoms with van der Waals surface area (Å²) < 4.78 is 23.6. The monoisotopic (exact) mass is 928 g/mol. The number of allylic oxidation sites excluding steroid dienone is 1. The second kappa shape index (κ2) is 47.3. The quantitative estimate of drug-likeness (QED) is 0.0243. The van der Waals surface area contributed by atoms with E-state index in [1.165, 1.54) is 231 Å². The van der Waals surface area contributed by atoms with Crippen LogP contribution in [0.15, 0.2) is 12.2 Å². The van der Waals surface area contributed by atoms with Crippen molar-refractivity contribution in [2.24, 2.45) is 0 Å². The fourth-order valence-electron chi connectivity index (χ4n) is 8.57. The van der Waals surface area contributed by atoms with Gasteiger partial charge in [-0.15, -0.1) is 0 Å². The second-order valence-electron chi connectivity index (χ2n) is 20.7. The largest absolute Gasteiger partial charge is 0.472 e. The molecule has 9 heteroatoms. The highest BCUT2D eigenvalue weighted by Crippen LogP contribution is 2.43. The standard InChI is InChI=1S/C55H111N2O6P/c1-6-8-10-12-14-16-18-19-20-21-22-23-24-25-26-27-28-29-30-31-32-33-34-35-36-37-39-40-42-44-46-48-54(58)53(52-63-64(60,61)62-51-50-57(3,4)5)56-55(59)49-47-45-43-41-38-17-15-13-11-9-7-2/h46,48,53-54,58H,6-45,47,49-52H2,1-5H3,(H-,56,59,60,61)/p+1/b48-46+. The number of quaternary nitrogens is 1. The summed E-state index contributed by atoms with van der Waals surface area (Å²) in [4.78, 5) is 23.2. The zero-order valence-corrected chi connectivity index (χ0v) is 44.4. The number of aliphatic hydroxyl groups is 1. The normalized spacial score (nSPS) is 14.0. The molecule has 382 valence electrons. The first-order chi connectivity index (χ1) is 31.0. The molecule has 0 aromatic carbocycles. The van der Waals surface area contributed by atoms with E-state index in [1.807, 2.05) is 27.2 Å². The Labute approximate surface area is 399 Å². The molecule has 3 N–H and O–H groups in total. The predicted molar refractivity (Wildman–Crippen MR) is 277 cm³/mol. The van der Waals surface area contributed by atoms with Crippen LogP contribution in [0.25, 0.3) is 0 Å². The van der Waals surface area contributed by atoms with Gasteiger partial charge < -0.3 is 19.8 Å². The van der Waals surface area contributed by atoms with Gasteiger partial charge in [-0.3, -0.25) is 13.8 Å². The van der Waals surface area contributed by atoms with Crippen LogP contribution in [0.1, 0.15) is 284 Å². The average molecular weight is 928 g/mol. The van der Waals surface area contributed by atoms with Crippen LogP contribution in [0.5, 0.6) is 0 Å². The minimum absolute atomic E-state index is 0.0648. The van der Waals surface area contributed by atoms with Crippen LogP contribution in [-0.4, -0.2) is 73.4 Å². The molecule has 3 unspecified atom stereocenters. The molecule has 0 heterocycles. The Bertz CT molecular complexity index is 1050. The minimum atomic E-state index is -4.34. The van der Waals surface area contributed by atoms with Crippen molar-refractivity contribution in [2.45, 2.75) is 296 Å². The summed E-state index contributed by atoms with van der Waals surface area (Å²) in [5.74, 6) is -0.174. The number of unbranched alkanes of at least 4 members (excludes halogenated alkanes) is 39. The summed E-state index contributed by atoms with van der Waals surface area (Å²) in [7, 11) is 1.59. The van der Waals surface area contributed by atoms with Crippen molar-refractivity contribution in [3.63, 3.8) is 0 Å². The lowest BCUT2D eigenvalue weighted by Gasteiger charge is -2.25. The number of carbonyl (C=O) groups excluding carboxylic acids is 1. The van der Waals surface area contributed by atoms with Crippen molar-refractivity contribution >= 4 is 13.7 Å². The second-order valence-corrected chi connectivity index (χ2v) is 22.1. The first kappa shape index (κ1) is 63.2. The third kappa shape index (κ3) is 49.2. The van der Waals surface area contributed by atoms with E-state index in [9.17, 15) is 19.4 Å². The molecular weight excluding hydrogens is 816 g/mol. The van der Waals surface area contributed by atoms with Crippen molar-refractivity contribution < 1.29 is 32.9 Å². The topological polar surface area (TPSA) is 105 Å². The summed E-state index contributed by atoms with van der Waals surface area (Å²) in [6.07, 6.45) is 57.6. The van der Waals surface area contributed by atoms with E-state index in [0.717, 1.165) is 32.1 Å². The smallest absolute Gasteiger partial charge is 0.387 e. The fourth-order valence-corrected chi connectivity index (χ4v) is 9.31. The van der Waals surface area contributed by atoms with Crippen LogP contribution in [0.3, 0.4) is 0 Å². The number of likely N-dealkylation sites (N-methyl/N-ethyl adjacent to an activating group) is 1. The summed E-state index contributed by atoms with van der Waals surface area (Å²) in [6, 6.07) is -0.840. The third-order valence-electron chi connectivity index (χ3n) is 13.0. The van der Waals surface area contributed by atoms with Crippen LogP contribution >= 0.6 is 7.82 Å². The predicted octanol–water partition coefficient (Wildman–Crippen LogP) is 16.7. The van der Waals surface area contributed by atoms with E-state index < -0.39 is 20.0 Å². The van der Waals surface area contributed by atoms with Crippen molar-refractivity contribution in [2.75, 3.05) is 40.9 Å². The number of hydrogen-bond donors (Lipinski definition) is 3. The highest BCUT2D eigenvalue weighted by Gasteiger charge is 2.27. The first-order valence-corrected chi connectivity index (χ1v) is 29.6. The highest BCUT2D eigenvalue weighted by molar-refractivity contribution is 7.47. The molecule has 0 aliphatic heterocycles. The van der Waals surface area contributed by atoms with E-state index in [4.69, 9.17) is 9.05 Å². The molecule has 64 heavy (non-hydrogen) atoms. The lowest BCUT2D eigenvalue weighted by atomic mass is 10.0. The number of phosphoric ester groups is 1. The number of aliphatic hydroxyl groups excluding tert-OH is 1. The molecule has 3 atom stereocenters. The van der Waals surface area contributed by atoms with Gasteiger partial charge >= 0.3 is 7.82 Å². The van der Waals surface area contributed by atoms with Crippen molar-refractivity contribution in [1.29, 1.82) is 0 Å². The molecule has 0 saturated carbocycles. The molecule has 0 radical (unpaired) electrons. The van der Waals surface area contributed by atoms with Gasteiger partial charge in [0.25, 0.3) is 0 Å². The van der Waals surface area contributed by atoms with Crippen molar-refractivity contribution in [1.82, 2.24) is 5.32 Å². The molecule has 0 bridgehead atoms. The Kier molecular flexibility index (Phi) is 46.8. The molecule has 0 rings (SSSR count). The summed E-state index contributed by atoms with van der Waals surface area (Å²) in [6.45, 7) is 4.84.